The van der Waals surface area contributed by atoms with Gasteiger partial charge in [-0.25, -0.2) is 0 Å². The molecular weight excluding hydrogens is 306 g/mol. The van der Waals surface area contributed by atoms with Crippen LogP contribution in [0.5, 0.6) is 0 Å². The van der Waals surface area contributed by atoms with E-state index in [1.807, 2.05) is 48.5 Å². The van der Waals surface area contributed by atoms with Gasteiger partial charge in [0.25, 0.3) is 11.1 Å². The lowest BCUT2D eigenvalue weighted by molar-refractivity contribution is -0.115. The van der Waals surface area contributed by atoms with Crippen LogP contribution in [0.2, 0.25) is 5.02 Å². The van der Waals surface area contributed by atoms with Gasteiger partial charge < -0.3 is 0 Å². The summed E-state index contributed by atoms with van der Waals surface area (Å²) in [7, 11) is 0. The zero-order valence-electron chi connectivity index (χ0n) is 10.8. The second kappa shape index (κ2) is 5.76. The topological polar surface area (TPSA) is 46.2 Å². The molecule has 1 aliphatic rings. The number of amides is 2. The summed E-state index contributed by atoms with van der Waals surface area (Å²) in [5.74, 6) is -0.362. The van der Waals surface area contributed by atoms with Crippen molar-refractivity contribution in [3.63, 3.8) is 0 Å². The highest BCUT2D eigenvalue weighted by Gasteiger charge is 2.25. The zero-order valence-corrected chi connectivity index (χ0v) is 12.4. The molecule has 0 spiro atoms. The summed E-state index contributed by atoms with van der Waals surface area (Å²) >= 11 is 7.15. The van der Waals surface area contributed by atoms with Gasteiger partial charge in [0.05, 0.1) is 4.91 Å². The Morgan fingerprint density at radius 1 is 0.952 bits per heavy atom. The van der Waals surface area contributed by atoms with Crippen molar-refractivity contribution < 1.29 is 9.59 Å². The molecule has 5 heteroatoms. The molecule has 1 N–H and O–H groups in total. The summed E-state index contributed by atoms with van der Waals surface area (Å²) < 4.78 is 0. The predicted molar refractivity (Wildman–Crippen MR) is 86.0 cm³/mol. The summed E-state index contributed by atoms with van der Waals surface area (Å²) in [6.45, 7) is 0. The average Bonchev–Trinajstić information content (AvgIpc) is 2.78. The van der Waals surface area contributed by atoms with E-state index in [4.69, 9.17) is 11.6 Å². The average molecular weight is 316 g/mol. The van der Waals surface area contributed by atoms with E-state index in [1.165, 1.54) is 0 Å². The van der Waals surface area contributed by atoms with Gasteiger partial charge in [-0.3, -0.25) is 14.9 Å². The molecule has 2 amide bonds. The number of rotatable bonds is 2. The van der Waals surface area contributed by atoms with Crippen LogP contribution in [-0.2, 0) is 4.79 Å². The number of hydrogen-bond donors (Lipinski definition) is 1. The summed E-state index contributed by atoms with van der Waals surface area (Å²) in [6.07, 6.45) is 1.71. The van der Waals surface area contributed by atoms with Gasteiger partial charge in [0.1, 0.15) is 0 Å². The Hall–Kier alpha value is -2.04. The van der Waals surface area contributed by atoms with Gasteiger partial charge in [0.15, 0.2) is 0 Å². The molecule has 0 radical (unpaired) electrons. The molecule has 1 aliphatic heterocycles. The standard InChI is InChI=1S/C16H10ClNO2S/c17-13-8-4-3-7-12(13)11-6-2-1-5-10(11)9-14-15(19)18-16(20)21-14/h1-9H,(H,18,19,20)/b14-9-. The van der Waals surface area contributed by atoms with Crippen molar-refractivity contribution in [2.75, 3.05) is 0 Å². The fraction of sp³-hybridized carbons (Fsp3) is 0. The third-order valence-electron chi connectivity index (χ3n) is 3.05. The second-order valence-corrected chi connectivity index (χ2v) is 5.84. The molecule has 0 bridgehead atoms. The molecule has 1 saturated heterocycles. The van der Waals surface area contributed by atoms with Gasteiger partial charge in [-0.15, -0.1) is 0 Å². The molecule has 1 heterocycles. The Kier molecular flexibility index (Phi) is 3.82. The summed E-state index contributed by atoms with van der Waals surface area (Å²) in [6, 6.07) is 15.1. The number of thioether (sulfide) groups is 1. The van der Waals surface area contributed by atoms with E-state index in [0.717, 1.165) is 28.5 Å². The van der Waals surface area contributed by atoms with Crippen LogP contribution in [0, 0.1) is 0 Å². The molecule has 0 atom stereocenters. The predicted octanol–water partition coefficient (Wildman–Crippen LogP) is 4.33. The van der Waals surface area contributed by atoms with Gasteiger partial charge in [0.2, 0.25) is 0 Å². The van der Waals surface area contributed by atoms with Crippen LogP contribution >= 0.6 is 23.4 Å². The number of carbonyl (C=O) groups is 2. The van der Waals surface area contributed by atoms with E-state index in [1.54, 1.807) is 6.08 Å². The van der Waals surface area contributed by atoms with Gasteiger partial charge in [-0.05, 0) is 35.0 Å². The number of hydrogen-bond acceptors (Lipinski definition) is 3. The maximum Gasteiger partial charge on any atom is 0.290 e. The molecular formula is C16H10ClNO2S. The first-order valence-corrected chi connectivity index (χ1v) is 7.43. The minimum absolute atomic E-state index is 0.346. The van der Waals surface area contributed by atoms with Crippen molar-refractivity contribution in [2.24, 2.45) is 0 Å². The van der Waals surface area contributed by atoms with Crippen LogP contribution < -0.4 is 5.32 Å². The summed E-state index contributed by atoms with van der Waals surface area (Å²) in [5.41, 5.74) is 2.66. The first kappa shape index (κ1) is 13.9. The minimum Gasteiger partial charge on any atom is -0.282 e. The van der Waals surface area contributed by atoms with Crippen molar-refractivity contribution in [1.82, 2.24) is 5.32 Å². The molecule has 3 nitrogen and oxygen atoms in total. The van der Waals surface area contributed by atoms with E-state index in [9.17, 15) is 9.59 Å². The maximum atomic E-state index is 11.7. The third kappa shape index (κ3) is 2.86. The quantitative estimate of drug-likeness (QED) is 0.839. The van der Waals surface area contributed by atoms with Crippen LogP contribution in [0.4, 0.5) is 4.79 Å². The Morgan fingerprint density at radius 2 is 1.62 bits per heavy atom. The lowest BCUT2D eigenvalue weighted by Crippen LogP contribution is -2.17. The lowest BCUT2D eigenvalue weighted by atomic mass is 9.99. The molecule has 2 aromatic carbocycles. The Labute approximate surface area is 131 Å². The Bertz CT molecular complexity index is 770. The molecule has 2 aromatic rings. The smallest absolute Gasteiger partial charge is 0.282 e. The normalized spacial score (nSPS) is 16.3. The first-order valence-electron chi connectivity index (χ1n) is 6.24. The van der Waals surface area contributed by atoms with E-state index in [0.29, 0.717) is 9.93 Å². The second-order valence-electron chi connectivity index (χ2n) is 4.42. The molecule has 1 fully saturated rings. The van der Waals surface area contributed by atoms with Gasteiger partial charge in [-0.2, -0.15) is 0 Å². The SMILES string of the molecule is O=C1NC(=O)/C(=C/c2ccccc2-c2ccccc2Cl)S1. The Balaban J connectivity index is 2.09. The van der Waals surface area contributed by atoms with Crippen LogP contribution in [0.1, 0.15) is 5.56 Å². The summed E-state index contributed by atoms with van der Waals surface area (Å²) in [4.78, 5) is 23.3. The molecule has 3 rings (SSSR count). The fourth-order valence-electron chi connectivity index (χ4n) is 2.11. The van der Waals surface area contributed by atoms with Crippen molar-refractivity contribution in [3.05, 3.63) is 64.0 Å². The van der Waals surface area contributed by atoms with E-state index < -0.39 is 0 Å². The summed E-state index contributed by atoms with van der Waals surface area (Å²) in [5, 5.41) is 2.54. The monoisotopic (exact) mass is 315 g/mol. The van der Waals surface area contributed by atoms with E-state index in [2.05, 4.69) is 5.32 Å². The van der Waals surface area contributed by atoms with Crippen LogP contribution in [0.15, 0.2) is 53.4 Å². The molecule has 21 heavy (non-hydrogen) atoms. The third-order valence-corrected chi connectivity index (χ3v) is 4.19. The van der Waals surface area contributed by atoms with Crippen LogP contribution in [-0.4, -0.2) is 11.1 Å². The van der Waals surface area contributed by atoms with Gasteiger partial charge in [0, 0.05) is 10.6 Å². The molecule has 104 valence electrons. The number of halogens is 1. The van der Waals surface area contributed by atoms with Crippen molar-refractivity contribution in [3.8, 4) is 11.1 Å². The first-order chi connectivity index (χ1) is 10.1. The maximum absolute atomic E-state index is 11.7. The van der Waals surface area contributed by atoms with Crippen molar-refractivity contribution >= 4 is 40.6 Å². The highest BCUT2D eigenvalue weighted by Crippen LogP contribution is 2.33. The van der Waals surface area contributed by atoms with Gasteiger partial charge in [-0.1, -0.05) is 54.1 Å². The van der Waals surface area contributed by atoms with Crippen LogP contribution in [0.25, 0.3) is 17.2 Å². The fourth-order valence-corrected chi connectivity index (χ4v) is 3.02. The molecule has 0 aromatic heterocycles. The van der Waals surface area contributed by atoms with Crippen LogP contribution in [0.3, 0.4) is 0 Å². The largest absolute Gasteiger partial charge is 0.290 e. The number of imide groups is 1. The van der Waals surface area contributed by atoms with E-state index in [-0.39, 0.29) is 11.1 Å². The number of benzene rings is 2. The van der Waals surface area contributed by atoms with Crippen molar-refractivity contribution in [1.29, 1.82) is 0 Å². The highest BCUT2D eigenvalue weighted by atomic mass is 35.5. The van der Waals surface area contributed by atoms with E-state index >= 15 is 0 Å². The molecule has 0 aliphatic carbocycles. The van der Waals surface area contributed by atoms with Gasteiger partial charge >= 0.3 is 0 Å². The van der Waals surface area contributed by atoms with Crippen molar-refractivity contribution in [2.45, 2.75) is 0 Å². The number of nitrogens with one attached hydrogen (secondary N) is 1. The number of carbonyl (C=O) groups excluding carboxylic acids is 2. The lowest BCUT2D eigenvalue weighted by Gasteiger charge is -2.08. The Morgan fingerprint density at radius 3 is 2.29 bits per heavy atom. The zero-order chi connectivity index (χ0) is 14.8. The molecule has 0 saturated carbocycles. The minimum atomic E-state index is -0.362. The highest BCUT2D eigenvalue weighted by molar-refractivity contribution is 8.18. The molecule has 0 unspecified atom stereocenters.